The van der Waals surface area contributed by atoms with Crippen molar-refractivity contribution in [1.29, 1.82) is 0 Å². The van der Waals surface area contributed by atoms with Crippen LogP contribution in [-0.4, -0.2) is 27.5 Å². The number of hydrogen-bond donors (Lipinski definition) is 0. The van der Waals surface area contributed by atoms with Gasteiger partial charge >= 0.3 is 0 Å². The molecule has 25 heavy (non-hydrogen) atoms. The van der Waals surface area contributed by atoms with Crippen LogP contribution in [0.4, 0.5) is 0 Å². The molecule has 0 saturated carbocycles. The first-order valence-corrected chi connectivity index (χ1v) is 8.99. The Balaban J connectivity index is 1.56. The van der Waals surface area contributed by atoms with Crippen LogP contribution in [0.3, 0.4) is 0 Å². The van der Waals surface area contributed by atoms with Gasteiger partial charge in [-0.2, -0.15) is 4.98 Å². The van der Waals surface area contributed by atoms with Crippen LogP contribution in [0.15, 0.2) is 40.9 Å². The Bertz CT molecular complexity index is 722. The molecule has 5 nitrogen and oxygen atoms in total. The van der Waals surface area contributed by atoms with Crippen LogP contribution in [0, 0.1) is 0 Å². The SMILES string of the molecule is CC(C)c1nc([C@H]2CCCN2C(=O)CC/C=C\c2ccccc2)no1. The molecular formula is C20H25N3O2. The fourth-order valence-electron chi connectivity index (χ4n) is 3.08. The van der Waals surface area contributed by atoms with Gasteiger partial charge in [-0.15, -0.1) is 0 Å². The highest BCUT2D eigenvalue weighted by Crippen LogP contribution is 2.31. The number of carbonyl (C=O) groups is 1. The molecule has 1 atom stereocenters. The van der Waals surface area contributed by atoms with E-state index in [1.807, 2.05) is 36.9 Å². The zero-order valence-electron chi connectivity index (χ0n) is 14.9. The van der Waals surface area contributed by atoms with E-state index in [1.165, 1.54) is 0 Å². The maximum atomic E-state index is 12.6. The summed E-state index contributed by atoms with van der Waals surface area (Å²) in [7, 11) is 0. The number of amides is 1. The second kappa shape index (κ2) is 8.10. The van der Waals surface area contributed by atoms with Crippen molar-refractivity contribution in [3.63, 3.8) is 0 Å². The van der Waals surface area contributed by atoms with E-state index in [9.17, 15) is 4.79 Å². The Morgan fingerprint density at radius 3 is 2.88 bits per heavy atom. The highest BCUT2D eigenvalue weighted by atomic mass is 16.5. The first-order valence-electron chi connectivity index (χ1n) is 8.99. The molecule has 3 rings (SSSR count). The Morgan fingerprint density at radius 2 is 2.16 bits per heavy atom. The summed E-state index contributed by atoms with van der Waals surface area (Å²) >= 11 is 0. The summed E-state index contributed by atoms with van der Waals surface area (Å²) in [6.45, 7) is 4.82. The van der Waals surface area contributed by atoms with Crippen LogP contribution in [0.25, 0.3) is 6.08 Å². The van der Waals surface area contributed by atoms with Gasteiger partial charge in [-0.1, -0.05) is 61.5 Å². The number of aromatic nitrogens is 2. The molecule has 1 amide bonds. The van der Waals surface area contributed by atoms with Crippen molar-refractivity contribution in [3.05, 3.63) is 53.7 Å². The van der Waals surface area contributed by atoms with Crippen molar-refractivity contribution in [2.45, 2.75) is 51.5 Å². The molecule has 0 bridgehead atoms. The summed E-state index contributed by atoms with van der Waals surface area (Å²) in [6, 6.07) is 10.1. The number of rotatable bonds is 6. The fraction of sp³-hybridized carbons (Fsp3) is 0.450. The van der Waals surface area contributed by atoms with Gasteiger partial charge in [0.2, 0.25) is 11.8 Å². The molecule has 0 unspecified atom stereocenters. The van der Waals surface area contributed by atoms with Crippen molar-refractivity contribution >= 4 is 12.0 Å². The first kappa shape index (κ1) is 17.4. The molecule has 0 radical (unpaired) electrons. The van der Waals surface area contributed by atoms with Gasteiger partial charge in [0, 0.05) is 18.9 Å². The Hall–Kier alpha value is -2.43. The standard InChI is InChI=1S/C20H25N3O2/c1-15(2)20-21-19(22-25-20)17-12-8-14-23(17)18(24)13-7-6-11-16-9-4-3-5-10-16/h3-6,9-11,15,17H,7-8,12-14H2,1-2H3/b11-6-/t17-/m1/s1. The topological polar surface area (TPSA) is 59.2 Å². The number of hydrogen-bond acceptors (Lipinski definition) is 4. The van der Waals surface area contributed by atoms with Gasteiger partial charge in [-0.05, 0) is 24.8 Å². The predicted octanol–water partition coefficient (Wildman–Crippen LogP) is 4.35. The second-order valence-corrected chi connectivity index (χ2v) is 6.74. The lowest BCUT2D eigenvalue weighted by atomic mass is 10.1. The lowest BCUT2D eigenvalue weighted by molar-refractivity contribution is -0.132. The van der Waals surface area contributed by atoms with Gasteiger partial charge in [-0.3, -0.25) is 4.79 Å². The van der Waals surface area contributed by atoms with Crippen LogP contribution in [-0.2, 0) is 4.79 Å². The Labute approximate surface area is 148 Å². The summed E-state index contributed by atoms with van der Waals surface area (Å²) in [5, 5.41) is 4.09. The van der Waals surface area contributed by atoms with Crippen molar-refractivity contribution in [2.75, 3.05) is 6.54 Å². The van der Waals surface area contributed by atoms with Gasteiger partial charge < -0.3 is 9.42 Å². The predicted molar refractivity (Wildman–Crippen MR) is 96.8 cm³/mol. The third kappa shape index (κ3) is 4.35. The quantitative estimate of drug-likeness (QED) is 0.785. The van der Waals surface area contributed by atoms with E-state index in [0.29, 0.717) is 18.1 Å². The fourth-order valence-corrected chi connectivity index (χ4v) is 3.08. The summed E-state index contributed by atoms with van der Waals surface area (Å²) in [5.74, 6) is 1.65. The van der Waals surface area contributed by atoms with E-state index in [-0.39, 0.29) is 17.9 Å². The average Bonchev–Trinajstić information content (AvgIpc) is 3.28. The minimum Gasteiger partial charge on any atom is -0.339 e. The lowest BCUT2D eigenvalue weighted by Crippen LogP contribution is -2.30. The molecule has 5 heteroatoms. The minimum absolute atomic E-state index is 0.0400. The minimum atomic E-state index is -0.0400. The molecule has 0 spiro atoms. The largest absolute Gasteiger partial charge is 0.339 e. The first-order chi connectivity index (χ1) is 12.1. The number of allylic oxidation sites excluding steroid dienone is 1. The maximum absolute atomic E-state index is 12.6. The second-order valence-electron chi connectivity index (χ2n) is 6.74. The van der Waals surface area contributed by atoms with Gasteiger partial charge in [0.15, 0.2) is 5.82 Å². The molecule has 2 aromatic rings. The molecular weight excluding hydrogens is 314 g/mol. The summed E-state index contributed by atoms with van der Waals surface area (Å²) in [4.78, 5) is 19.0. The van der Waals surface area contributed by atoms with E-state index in [1.54, 1.807) is 0 Å². The molecule has 0 N–H and O–H groups in total. The van der Waals surface area contributed by atoms with Gasteiger partial charge in [-0.25, -0.2) is 0 Å². The van der Waals surface area contributed by atoms with Crippen molar-refractivity contribution in [3.8, 4) is 0 Å². The molecule has 0 aliphatic carbocycles. The van der Waals surface area contributed by atoms with Crippen LogP contribution in [0.5, 0.6) is 0 Å². The number of likely N-dealkylation sites (tertiary alicyclic amines) is 1. The molecule has 1 aromatic heterocycles. The molecule has 1 aliphatic heterocycles. The highest BCUT2D eigenvalue weighted by Gasteiger charge is 2.33. The van der Waals surface area contributed by atoms with Crippen molar-refractivity contribution in [1.82, 2.24) is 15.0 Å². The highest BCUT2D eigenvalue weighted by molar-refractivity contribution is 5.77. The smallest absolute Gasteiger partial charge is 0.229 e. The van der Waals surface area contributed by atoms with E-state index < -0.39 is 0 Å². The lowest BCUT2D eigenvalue weighted by Gasteiger charge is -2.22. The molecule has 1 aromatic carbocycles. The molecule has 132 valence electrons. The van der Waals surface area contributed by atoms with Gasteiger partial charge in [0.1, 0.15) is 0 Å². The van der Waals surface area contributed by atoms with E-state index in [4.69, 9.17) is 4.52 Å². The van der Waals surface area contributed by atoms with E-state index in [0.717, 1.165) is 31.4 Å². The summed E-state index contributed by atoms with van der Waals surface area (Å²) < 4.78 is 5.30. The number of benzene rings is 1. The Morgan fingerprint density at radius 1 is 1.36 bits per heavy atom. The number of nitrogens with zero attached hydrogens (tertiary/aromatic N) is 3. The number of carbonyl (C=O) groups excluding carboxylic acids is 1. The normalized spacial score (nSPS) is 17.7. The summed E-state index contributed by atoms with van der Waals surface area (Å²) in [5.41, 5.74) is 1.15. The molecule has 1 fully saturated rings. The zero-order chi connectivity index (χ0) is 17.6. The monoisotopic (exact) mass is 339 g/mol. The van der Waals surface area contributed by atoms with Crippen LogP contribution >= 0.6 is 0 Å². The van der Waals surface area contributed by atoms with E-state index in [2.05, 4.69) is 34.4 Å². The van der Waals surface area contributed by atoms with Crippen LogP contribution in [0.1, 0.15) is 68.8 Å². The van der Waals surface area contributed by atoms with Crippen molar-refractivity contribution < 1.29 is 9.32 Å². The third-order valence-corrected chi connectivity index (χ3v) is 4.46. The molecule has 1 aliphatic rings. The van der Waals surface area contributed by atoms with E-state index >= 15 is 0 Å². The Kier molecular flexibility index (Phi) is 5.64. The third-order valence-electron chi connectivity index (χ3n) is 4.46. The zero-order valence-corrected chi connectivity index (χ0v) is 14.9. The summed E-state index contributed by atoms with van der Waals surface area (Å²) in [6.07, 6.45) is 7.26. The van der Waals surface area contributed by atoms with Crippen molar-refractivity contribution in [2.24, 2.45) is 0 Å². The maximum Gasteiger partial charge on any atom is 0.229 e. The van der Waals surface area contributed by atoms with Crippen LogP contribution in [0.2, 0.25) is 0 Å². The molecule has 1 saturated heterocycles. The average molecular weight is 339 g/mol. The molecule has 2 heterocycles. The van der Waals surface area contributed by atoms with Gasteiger partial charge in [0.05, 0.1) is 6.04 Å². The van der Waals surface area contributed by atoms with Crippen LogP contribution < -0.4 is 0 Å². The van der Waals surface area contributed by atoms with Gasteiger partial charge in [0.25, 0.3) is 0 Å².